The van der Waals surface area contributed by atoms with Gasteiger partial charge < -0.3 is 9.84 Å². The average Bonchev–Trinajstić information content (AvgIpc) is 2.39. The van der Waals surface area contributed by atoms with Gasteiger partial charge in [0.2, 0.25) is 0 Å². The summed E-state index contributed by atoms with van der Waals surface area (Å²) in [5.41, 5.74) is 1.62. The average molecular weight is 251 g/mol. The summed E-state index contributed by atoms with van der Waals surface area (Å²) in [5.74, 6) is -0.318. The van der Waals surface area contributed by atoms with Gasteiger partial charge in [0.05, 0.1) is 19.3 Å². The van der Waals surface area contributed by atoms with Crippen LogP contribution in [0.2, 0.25) is 0 Å². The first kappa shape index (κ1) is 14.7. The van der Waals surface area contributed by atoms with Gasteiger partial charge in [0.15, 0.2) is 0 Å². The molecule has 0 aliphatic heterocycles. The van der Waals surface area contributed by atoms with Crippen LogP contribution < -0.4 is 0 Å². The molecule has 4 heteroatoms. The van der Waals surface area contributed by atoms with E-state index >= 15 is 0 Å². The largest absolute Gasteiger partial charge is 0.465 e. The van der Waals surface area contributed by atoms with Gasteiger partial charge in [-0.2, -0.15) is 0 Å². The summed E-state index contributed by atoms with van der Waals surface area (Å²) in [5, 5.41) is 9.01. The molecule has 0 fully saturated rings. The van der Waals surface area contributed by atoms with E-state index in [2.05, 4.69) is 11.8 Å². The van der Waals surface area contributed by atoms with E-state index in [4.69, 9.17) is 9.84 Å². The number of esters is 1. The summed E-state index contributed by atoms with van der Waals surface area (Å²) in [6.07, 6.45) is 1.04. The third-order valence-electron chi connectivity index (χ3n) is 2.71. The zero-order valence-electron chi connectivity index (χ0n) is 11.1. The quantitative estimate of drug-likeness (QED) is 0.749. The number of aliphatic hydroxyl groups excluding tert-OH is 1. The number of benzene rings is 1. The third kappa shape index (κ3) is 4.47. The summed E-state index contributed by atoms with van der Waals surface area (Å²) in [6.45, 7) is 4.57. The van der Waals surface area contributed by atoms with Gasteiger partial charge in [-0.05, 0) is 30.7 Å². The van der Waals surface area contributed by atoms with Crippen molar-refractivity contribution in [1.82, 2.24) is 4.90 Å². The zero-order valence-corrected chi connectivity index (χ0v) is 11.1. The maximum absolute atomic E-state index is 11.4. The molecule has 0 spiro atoms. The monoisotopic (exact) mass is 251 g/mol. The molecule has 100 valence electrons. The number of carbonyl (C=O) groups is 1. The Hall–Kier alpha value is -1.39. The Labute approximate surface area is 108 Å². The van der Waals surface area contributed by atoms with E-state index in [1.807, 2.05) is 18.2 Å². The van der Waals surface area contributed by atoms with Crippen LogP contribution in [0.1, 0.15) is 29.3 Å². The number of carbonyl (C=O) groups excluding carboxylic acids is 1. The lowest BCUT2D eigenvalue weighted by molar-refractivity contribution is 0.0600. The molecule has 0 amide bonds. The number of methoxy groups -OCH3 is 1. The van der Waals surface area contributed by atoms with E-state index in [-0.39, 0.29) is 12.6 Å². The lowest BCUT2D eigenvalue weighted by Crippen LogP contribution is -2.27. The summed E-state index contributed by atoms with van der Waals surface area (Å²) >= 11 is 0. The van der Waals surface area contributed by atoms with E-state index in [0.717, 1.165) is 25.1 Å². The number of hydrogen-bond donors (Lipinski definition) is 1. The fraction of sp³-hybridized carbons (Fsp3) is 0.500. The standard InChI is InChI=1S/C14H21NO3/c1-3-7-15(8-9-16)11-12-5-4-6-13(10-12)14(17)18-2/h4-6,10,16H,3,7-9,11H2,1-2H3. The highest BCUT2D eigenvalue weighted by Crippen LogP contribution is 2.09. The molecule has 1 rings (SSSR count). The Bertz CT molecular complexity index is 373. The number of nitrogens with zero attached hydrogens (tertiary/aromatic N) is 1. The van der Waals surface area contributed by atoms with Gasteiger partial charge in [0, 0.05) is 13.1 Å². The van der Waals surface area contributed by atoms with Crippen molar-refractivity contribution >= 4 is 5.97 Å². The minimum atomic E-state index is -0.318. The molecule has 0 heterocycles. The molecule has 0 radical (unpaired) electrons. The number of rotatable bonds is 7. The Balaban J connectivity index is 2.73. The molecule has 1 aromatic carbocycles. The van der Waals surface area contributed by atoms with E-state index in [9.17, 15) is 4.79 Å². The molecular formula is C14H21NO3. The Morgan fingerprint density at radius 3 is 2.78 bits per heavy atom. The summed E-state index contributed by atoms with van der Waals surface area (Å²) in [4.78, 5) is 13.6. The fourth-order valence-corrected chi connectivity index (χ4v) is 1.90. The highest BCUT2D eigenvalue weighted by Gasteiger charge is 2.08. The van der Waals surface area contributed by atoms with Crippen LogP contribution in [0.3, 0.4) is 0 Å². The van der Waals surface area contributed by atoms with Crippen LogP contribution in [0, 0.1) is 0 Å². The molecule has 1 N–H and O–H groups in total. The highest BCUT2D eigenvalue weighted by atomic mass is 16.5. The Morgan fingerprint density at radius 1 is 1.39 bits per heavy atom. The van der Waals surface area contributed by atoms with Crippen LogP contribution in [0.25, 0.3) is 0 Å². The molecule has 0 atom stereocenters. The number of hydrogen-bond acceptors (Lipinski definition) is 4. The van der Waals surface area contributed by atoms with Crippen LogP contribution in [0.4, 0.5) is 0 Å². The van der Waals surface area contributed by atoms with Gasteiger partial charge in [-0.1, -0.05) is 19.1 Å². The maximum Gasteiger partial charge on any atom is 0.337 e. The van der Waals surface area contributed by atoms with Crippen molar-refractivity contribution in [1.29, 1.82) is 0 Å². The van der Waals surface area contributed by atoms with Gasteiger partial charge in [0.25, 0.3) is 0 Å². The first-order valence-corrected chi connectivity index (χ1v) is 6.21. The second-order valence-electron chi connectivity index (χ2n) is 4.19. The summed E-state index contributed by atoms with van der Waals surface area (Å²) < 4.78 is 4.70. The maximum atomic E-state index is 11.4. The molecule has 0 aliphatic carbocycles. The molecule has 0 aromatic heterocycles. The lowest BCUT2D eigenvalue weighted by atomic mass is 10.1. The minimum absolute atomic E-state index is 0.149. The van der Waals surface area contributed by atoms with Gasteiger partial charge in [-0.15, -0.1) is 0 Å². The Morgan fingerprint density at radius 2 is 2.17 bits per heavy atom. The second-order valence-corrected chi connectivity index (χ2v) is 4.19. The molecule has 1 aromatic rings. The first-order chi connectivity index (χ1) is 8.71. The second kappa shape index (κ2) is 7.84. The first-order valence-electron chi connectivity index (χ1n) is 6.21. The molecule has 0 aliphatic rings. The van der Waals surface area contributed by atoms with Crippen LogP contribution in [-0.2, 0) is 11.3 Å². The summed E-state index contributed by atoms with van der Waals surface area (Å²) in [7, 11) is 1.38. The van der Waals surface area contributed by atoms with Crippen molar-refractivity contribution in [3.8, 4) is 0 Å². The van der Waals surface area contributed by atoms with Crippen molar-refractivity contribution in [3.05, 3.63) is 35.4 Å². The van der Waals surface area contributed by atoms with Crippen molar-refractivity contribution in [2.24, 2.45) is 0 Å². The zero-order chi connectivity index (χ0) is 13.4. The smallest absolute Gasteiger partial charge is 0.337 e. The fourth-order valence-electron chi connectivity index (χ4n) is 1.90. The number of ether oxygens (including phenoxy) is 1. The molecule has 0 saturated heterocycles. The van der Waals surface area contributed by atoms with Gasteiger partial charge >= 0.3 is 5.97 Å². The Kier molecular flexibility index (Phi) is 6.39. The SMILES string of the molecule is CCCN(CCO)Cc1cccc(C(=O)OC)c1. The van der Waals surface area contributed by atoms with E-state index in [1.165, 1.54) is 7.11 Å². The van der Waals surface area contributed by atoms with E-state index < -0.39 is 0 Å². The van der Waals surface area contributed by atoms with E-state index in [0.29, 0.717) is 12.1 Å². The third-order valence-corrected chi connectivity index (χ3v) is 2.71. The van der Waals surface area contributed by atoms with Crippen molar-refractivity contribution < 1.29 is 14.6 Å². The highest BCUT2D eigenvalue weighted by molar-refractivity contribution is 5.89. The molecule has 4 nitrogen and oxygen atoms in total. The van der Waals surface area contributed by atoms with Crippen LogP contribution in [-0.4, -0.2) is 42.8 Å². The molecular weight excluding hydrogens is 230 g/mol. The van der Waals surface area contributed by atoms with Crippen LogP contribution in [0.15, 0.2) is 24.3 Å². The predicted molar refractivity (Wildman–Crippen MR) is 70.4 cm³/mol. The molecule has 18 heavy (non-hydrogen) atoms. The van der Waals surface area contributed by atoms with Crippen molar-refractivity contribution in [3.63, 3.8) is 0 Å². The normalized spacial score (nSPS) is 10.7. The predicted octanol–water partition coefficient (Wildman–Crippen LogP) is 1.68. The van der Waals surface area contributed by atoms with Gasteiger partial charge in [-0.25, -0.2) is 4.79 Å². The molecule has 0 unspecified atom stereocenters. The topological polar surface area (TPSA) is 49.8 Å². The van der Waals surface area contributed by atoms with Gasteiger partial charge in [0.1, 0.15) is 0 Å². The van der Waals surface area contributed by atoms with Crippen LogP contribution >= 0.6 is 0 Å². The summed E-state index contributed by atoms with van der Waals surface area (Å²) in [6, 6.07) is 7.41. The molecule has 0 bridgehead atoms. The number of aliphatic hydroxyl groups is 1. The lowest BCUT2D eigenvalue weighted by Gasteiger charge is -2.20. The van der Waals surface area contributed by atoms with Crippen molar-refractivity contribution in [2.75, 3.05) is 26.8 Å². The van der Waals surface area contributed by atoms with Crippen LogP contribution in [0.5, 0.6) is 0 Å². The molecule has 0 saturated carbocycles. The van der Waals surface area contributed by atoms with E-state index in [1.54, 1.807) is 6.07 Å². The van der Waals surface area contributed by atoms with Gasteiger partial charge in [-0.3, -0.25) is 4.90 Å². The minimum Gasteiger partial charge on any atom is -0.465 e. The van der Waals surface area contributed by atoms with Crippen molar-refractivity contribution in [2.45, 2.75) is 19.9 Å².